The Bertz CT molecular complexity index is 1740. The van der Waals surface area contributed by atoms with Crippen LogP contribution in [0.15, 0.2) is 60.7 Å². The molecule has 0 spiro atoms. The van der Waals surface area contributed by atoms with Gasteiger partial charge in [-0.05, 0) is 78.8 Å². The van der Waals surface area contributed by atoms with Gasteiger partial charge in [0, 0.05) is 30.3 Å². The minimum absolute atomic E-state index is 0.00223. The van der Waals surface area contributed by atoms with Gasteiger partial charge in [-0.2, -0.15) is 5.21 Å². The molecule has 0 aliphatic heterocycles. The van der Waals surface area contributed by atoms with Gasteiger partial charge in [0.2, 0.25) is 5.82 Å². The fourth-order valence-electron chi connectivity index (χ4n) is 6.78. The molecule has 46 heavy (non-hydrogen) atoms. The standard InChI is InChI=1S/C37H46N8O/c1-4-6-14-24-44(37(46)38-28-17-12-9-13-18-28)29-20-22-31-33(25-29)45(34(39-31)19-7-5-2)32-23-21-30(27-15-10-8-11-16-27)35(26(32)3)36-40-42-43-41-36/h8,10-11,15-16,20-23,25,28H,4-7,9,12-14,17-19,24H2,1-3H3,(H,38,46)(H,40,41,42,43). The van der Waals surface area contributed by atoms with Gasteiger partial charge in [0.15, 0.2) is 0 Å². The third-order valence-corrected chi connectivity index (χ3v) is 9.27. The first-order valence-electron chi connectivity index (χ1n) is 17.1. The van der Waals surface area contributed by atoms with Crippen LogP contribution in [-0.4, -0.2) is 48.8 Å². The van der Waals surface area contributed by atoms with Gasteiger partial charge in [0.25, 0.3) is 0 Å². The number of imidazole rings is 1. The smallest absolute Gasteiger partial charge is 0.322 e. The van der Waals surface area contributed by atoms with Crippen molar-refractivity contribution in [3.63, 3.8) is 0 Å². The zero-order chi connectivity index (χ0) is 31.9. The van der Waals surface area contributed by atoms with Gasteiger partial charge >= 0.3 is 6.03 Å². The molecule has 5 aromatic rings. The zero-order valence-corrected chi connectivity index (χ0v) is 27.4. The lowest BCUT2D eigenvalue weighted by molar-refractivity contribution is 0.238. The van der Waals surface area contributed by atoms with Gasteiger partial charge in [-0.15, -0.1) is 10.2 Å². The van der Waals surface area contributed by atoms with Gasteiger partial charge in [-0.25, -0.2) is 9.78 Å². The Morgan fingerprint density at radius 1 is 0.978 bits per heavy atom. The van der Waals surface area contributed by atoms with Crippen molar-refractivity contribution < 1.29 is 4.79 Å². The van der Waals surface area contributed by atoms with Gasteiger partial charge in [-0.3, -0.25) is 9.47 Å². The zero-order valence-electron chi connectivity index (χ0n) is 27.4. The van der Waals surface area contributed by atoms with Crippen LogP contribution in [0.25, 0.3) is 39.2 Å². The number of nitrogens with one attached hydrogen (secondary N) is 2. The molecule has 0 saturated heterocycles. The monoisotopic (exact) mass is 618 g/mol. The number of aryl methyl sites for hydroxylation is 1. The number of amides is 2. The summed E-state index contributed by atoms with van der Waals surface area (Å²) in [6.07, 6.45) is 11.8. The van der Waals surface area contributed by atoms with E-state index in [0.717, 1.165) is 102 Å². The molecule has 0 bridgehead atoms. The van der Waals surface area contributed by atoms with E-state index in [2.05, 4.69) is 93.7 Å². The highest BCUT2D eigenvalue weighted by atomic mass is 16.2. The molecule has 2 aromatic heterocycles. The Kier molecular flexibility index (Phi) is 10.1. The van der Waals surface area contributed by atoms with Crippen molar-refractivity contribution in [1.29, 1.82) is 0 Å². The minimum Gasteiger partial charge on any atom is -0.335 e. The predicted molar refractivity (Wildman–Crippen MR) is 185 cm³/mol. The maximum absolute atomic E-state index is 13.8. The number of anilines is 1. The summed E-state index contributed by atoms with van der Waals surface area (Å²) in [7, 11) is 0. The number of nitrogens with zero attached hydrogens (tertiary/aromatic N) is 6. The molecule has 2 amide bonds. The average Bonchev–Trinajstić information content (AvgIpc) is 3.74. The summed E-state index contributed by atoms with van der Waals surface area (Å²) >= 11 is 0. The molecule has 3 aromatic carbocycles. The van der Waals surface area contributed by atoms with Crippen molar-refractivity contribution in [1.82, 2.24) is 35.5 Å². The molecule has 1 aliphatic carbocycles. The lowest BCUT2D eigenvalue weighted by atomic mass is 9.94. The Morgan fingerprint density at radius 3 is 2.52 bits per heavy atom. The van der Waals surface area contributed by atoms with Crippen LogP contribution in [-0.2, 0) is 6.42 Å². The Morgan fingerprint density at radius 2 is 1.78 bits per heavy atom. The van der Waals surface area contributed by atoms with Crippen molar-refractivity contribution in [2.24, 2.45) is 0 Å². The summed E-state index contributed by atoms with van der Waals surface area (Å²) in [5, 5.41) is 18.7. The number of fused-ring (bicyclic) bond motifs is 1. The Hall–Kier alpha value is -4.53. The summed E-state index contributed by atoms with van der Waals surface area (Å²) < 4.78 is 2.28. The van der Waals surface area contributed by atoms with Crippen LogP contribution in [0.5, 0.6) is 0 Å². The summed E-state index contributed by atoms with van der Waals surface area (Å²) in [6.45, 7) is 7.21. The maximum atomic E-state index is 13.8. The molecule has 2 N–H and O–H groups in total. The van der Waals surface area contributed by atoms with Crippen molar-refractivity contribution in [2.75, 3.05) is 11.4 Å². The van der Waals surface area contributed by atoms with E-state index >= 15 is 0 Å². The predicted octanol–water partition coefficient (Wildman–Crippen LogP) is 8.56. The van der Waals surface area contributed by atoms with E-state index in [-0.39, 0.29) is 12.1 Å². The third kappa shape index (κ3) is 6.69. The van der Waals surface area contributed by atoms with Crippen LogP contribution in [0.3, 0.4) is 0 Å². The van der Waals surface area contributed by atoms with Crippen LogP contribution in [0, 0.1) is 6.92 Å². The second kappa shape index (κ2) is 14.7. The molecular formula is C37H46N8O. The molecule has 6 rings (SSSR count). The van der Waals surface area contributed by atoms with Gasteiger partial charge in [-0.1, -0.05) is 88.8 Å². The number of benzene rings is 3. The van der Waals surface area contributed by atoms with E-state index in [1.807, 2.05) is 23.1 Å². The van der Waals surface area contributed by atoms with Crippen molar-refractivity contribution >= 4 is 22.8 Å². The molecule has 2 heterocycles. The highest BCUT2D eigenvalue weighted by Gasteiger charge is 2.24. The SMILES string of the molecule is CCCCCN(C(=O)NC1CCCCC1)c1ccc2nc(CCCC)n(-c3ccc(-c4ccccc4)c(-c4nn[nH]n4)c3C)c2c1. The molecule has 1 fully saturated rings. The van der Waals surface area contributed by atoms with E-state index in [0.29, 0.717) is 12.4 Å². The second-order valence-corrected chi connectivity index (χ2v) is 12.5. The topological polar surface area (TPSA) is 105 Å². The first-order chi connectivity index (χ1) is 22.6. The number of hydrogen-bond acceptors (Lipinski definition) is 5. The molecule has 0 radical (unpaired) electrons. The Labute approximate surface area is 271 Å². The number of unbranched alkanes of at least 4 members (excludes halogenated alkanes) is 3. The molecule has 0 atom stereocenters. The number of rotatable bonds is 12. The number of tetrazole rings is 1. The molecule has 9 heteroatoms. The summed E-state index contributed by atoms with van der Waals surface area (Å²) in [5.41, 5.74) is 7.95. The lowest BCUT2D eigenvalue weighted by Crippen LogP contribution is -2.46. The number of carbonyl (C=O) groups excluding carboxylic acids is 1. The molecule has 0 unspecified atom stereocenters. The number of urea groups is 1. The largest absolute Gasteiger partial charge is 0.335 e. The number of hydrogen-bond donors (Lipinski definition) is 2. The quantitative estimate of drug-likeness (QED) is 0.136. The summed E-state index contributed by atoms with van der Waals surface area (Å²) in [6, 6.07) is 21.2. The van der Waals surface area contributed by atoms with Crippen LogP contribution >= 0.6 is 0 Å². The highest BCUT2D eigenvalue weighted by molar-refractivity contribution is 5.95. The normalized spacial score (nSPS) is 13.7. The van der Waals surface area contributed by atoms with Crippen LogP contribution < -0.4 is 10.2 Å². The minimum atomic E-state index is 0.00223. The first kappa shape index (κ1) is 31.5. The van der Waals surface area contributed by atoms with Crippen molar-refractivity contribution in [3.8, 4) is 28.2 Å². The fourth-order valence-corrected chi connectivity index (χ4v) is 6.78. The second-order valence-electron chi connectivity index (χ2n) is 12.5. The Balaban J connectivity index is 1.48. The molecule has 1 aliphatic rings. The van der Waals surface area contributed by atoms with Crippen LogP contribution in [0.4, 0.5) is 10.5 Å². The van der Waals surface area contributed by atoms with E-state index in [1.165, 1.54) is 19.3 Å². The lowest BCUT2D eigenvalue weighted by Gasteiger charge is -2.28. The van der Waals surface area contributed by atoms with Gasteiger partial charge < -0.3 is 5.32 Å². The number of aromatic nitrogens is 6. The summed E-state index contributed by atoms with van der Waals surface area (Å²) in [5.74, 6) is 1.56. The maximum Gasteiger partial charge on any atom is 0.322 e. The first-order valence-corrected chi connectivity index (χ1v) is 17.1. The molecule has 1 saturated carbocycles. The number of H-pyrrole nitrogens is 1. The van der Waals surface area contributed by atoms with Crippen LogP contribution in [0.2, 0.25) is 0 Å². The molecule has 9 nitrogen and oxygen atoms in total. The highest BCUT2D eigenvalue weighted by Crippen LogP contribution is 2.38. The average molecular weight is 619 g/mol. The van der Waals surface area contributed by atoms with Gasteiger partial charge in [0.05, 0.1) is 16.7 Å². The van der Waals surface area contributed by atoms with Crippen LogP contribution in [0.1, 0.15) is 89.4 Å². The van der Waals surface area contributed by atoms with Crippen molar-refractivity contribution in [2.45, 2.75) is 97.4 Å². The molecule has 240 valence electrons. The number of aromatic amines is 1. The van der Waals surface area contributed by atoms with E-state index in [9.17, 15) is 4.79 Å². The van der Waals surface area contributed by atoms with E-state index < -0.39 is 0 Å². The summed E-state index contributed by atoms with van der Waals surface area (Å²) in [4.78, 5) is 20.9. The van der Waals surface area contributed by atoms with E-state index in [1.54, 1.807) is 0 Å². The third-order valence-electron chi connectivity index (χ3n) is 9.27. The molecular weight excluding hydrogens is 572 g/mol. The van der Waals surface area contributed by atoms with Gasteiger partial charge in [0.1, 0.15) is 5.82 Å². The van der Waals surface area contributed by atoms with E-state index in [4.69, 9.17) is 4.98 Å². The number of carbonyl (C=O) groups is 1. The fraction of sp³-hybridized carbons (Fsp3) is 0.432. The van der Waals surface area contributed by atoms with Crippen molar-refractivity contribution in [3.05, 3.63) is 72.1 Å².